The van der Waals surface area contributed by atoms with Crippen molar-refractivity contribution in [2.75, 3.05) is 6.61 Å². The van der Waals surface area contributed by atoms with E-state index in [0.29, 0.717) is 11.8 Å². The Kier molecular flexibility index (Phi) is 5.60. The van der Waals surface area contributed by atoms with Crippen molar-refractivity contribution >= 4 is 17.7 Å². The number of hydroxylamine groups is 1. The number of carbonyl (C=O) groups excluding carboxylic acids is 1. The predicted octanol–water partition coefficient (Wildman–Crippen LogP) is 2.96. The molecule has 1 amide bonds. The van der Waals surface area contributed by atoms with Gasteiger partial charge in [0.25, 0.3) is 5.76 Å². The topological polar surface area (TPSA) is 51.5 Å². The first-order chi connectivity index (χ1) is 8.78. The molecule has 0 unspecified atom stereocenters. The lowest BCUT2D eigenvalue weighted by molar-refractivity contribution is -0.184. The lowest BCUT2D eigenvalue weighted by atomic mass is 10.4. The monoisotopic (exact) mass is 305 g/mol. The number of amides is 1. The van der Waals surface area contributed by atoms with E-state index in [1.807, 2.05) is 0 Å². The predicted molar refractivity (Wildman–Crippen MR) is 55.5 cm³/mol. The minimum atomic E-state index is -4.57. The number of hydrogen-bond acceptors (Lipinski definition) is 4. The van der Waals surface area contributed by atoms with E-state index in [-0.39, 0.29) is 17.3 Å². The van der Waals surface area contributed by atoms with Crippen LogP contribution in [0.2, 0.25) is 0 Å². The third kappa shape index (κ3) is 6.43. The molecule has 0 saturated carbocycles. The smallest absolute Gasteiger partial charge is 0.414 e. The van der Waals surface area contributed by atoms with E-state index in [2.05, 4.69) is 4.84 Å². The van der Waals surface area contributed by atoms with E-state index in [1.165, 1.54) is 11.5 Å². The normalized spacial score (nSPS) is 11.9. The van der Waals surface area contributed by atoms with Crippen LogP contribution < -0.4 is 5.48 Å². The van der Waals surface area contributed by atoms with Crippen LogP contribution in [0.15, 0.2) is 16.5 Å². The summed E-state index contributed by atoms with van der Waals surface area (Å²) in [6.07, 6.45) is -4.57. The first-order valence-electron chi connectivity index (χ1n) is 4.75. The molecule has 0 radical (unpaired) electrons. The SMILES string of the molecule is O=C(NOCC(F)(F)F)c1ccc(CSC(F)F)o1. The number of thioether (sulfide) groups is 1. The van der Waals surface area contributed by atoms with Gasteiger partial charge in [-0.15, -0.1) is 0 Å². The van der Waals surface area contributed by atoms with Gasteiger partial charge in [0.2, 0.25) is 0 Å². The van der Waals surface area contributed by atoms with Gasteiger partial charge in [0.15, 0.2) is 12.4 Å². The Balaban J connectivity index is 2.41. The van der Waals surface area contributed by atoms with Gasteiger partial charge in [0, 0.05) is 0 Å². The fourth-order valence-electron chi connectivity index (χ4n) is 0.956. The number of nitrogens with one attached hydrogen (secondary N) is 1. The van der Waals surface area contributed by atoms with E-state index in [9.17, 15) is 26.7 Å². The molecule has 0 aliphatic rings. The Morgan fingerprint density at radius 2 is 2.11 bits per heavy atom. The van der Waals surface area contributed by atoms with Crippen LogP contribution in [-0.4, -0.2) is 24.4 Å². The van der Waals surface area contributed by atoms with Gasteiger partial charge in [0.05, 0.1) is 5.75 Å². The fourth-order valence-corrected chi connectivity index (χ4v) is 1.40. The Morgan fingerprint density at radius 3 is 2.68 bits per heavy atom. The van der Waals surface area contributed by atoms with Crippen molar-refractivity contribution in [3.05, 3.63) is 23.7 Å². The molecule has 0 spiro atoms. The highest BCUT2D eigenvalue weighted by molar-refractivity contribution is 7.98. The van der Waals surface area contributed by atoms with Crippen molar-refractivity contribution in [2.24, 2.45) is 0 Å². The van der Waals surface area contributed by atoms with Crippen molar-refractivity contribution in [2.45, 2.75) is 17.7 Å². The average molecular weight is 305 g/mol. The molecule has 0 aliphatic heterocycles. The summed E-state index contributed by atoms with van der Waals surface area (Å²) in [6, 6.07) is 2.42. The van der Waals surface area contributed by atoms with Gasteiger partial charge in [0.1, 0.15) is 5.76 Å². The van der Waals surface area contributed by atoms with E-state index in [0.717, 1.165) is 6.07 Å². The van der Waals surface area contributed by atoms with Crippen LogP contribution in [0.25, 0.3) is 0 Å². The van der Waals surface area contributed by atoms with E-state index < -0.39 is 24.4 Å². The Morgan fingerprint density at radius 1 is 1.42 bits per heavy atom. The van der Waals surface area contributed by atoms with Crippen molar-refractivity contribution < 1.29 is 36.0 Å². The molecule has 10 heteroatoms. The summed E-state index contributed by atoms with van der Waals surface area (Å²) in [5.74, 6) is -4.00. The standard InChI is InChI=1S/C9H8F5NO3S/c10-8(11)19-3-5-1-2-6(18-5)7(16)15-17-4-9(12,13)14/h1-2,8H,3-4H2,(H,15,16). The third-order valence-corrected chi connectivity index (χ3v) is 2.34. The fraction of sp³-hybridized carbons (Fsp3) is 0.444. The first-order valence-corrected chi connectivity index (χ1v) is 5.80. The summed E-state index contributed by atoms with van der Waals surface area (Å²) in [5.41, 5.74) is 1.53. The lowest BCUT2D eigenvalue weighted by Gasteiger charge is -2.06. The minimum absolute atomic E-state index is 0.103. The van der Waals surface area contributed by atoms with Gasteiger partial charge < -0.3 is 4.42 Å². The maximum Gasteiger partial charge on any atom is 0.414 e. The zero-order chi connectivity index (χ0) is 14.5. The Hall–Kier alpha value is -1.29. The summed E-state index contributed by atoms with van der Waals surface area (Å²) in [6.45, 7) is -1.65. The van der Waals surface area contributed by atoms with Crippen LogP contribution in [-0.2, 0) is 10.6 Å². The van der Waals surface area contributed by atoms with Gasteiger partial charge in [-0.1, -0.05) is 11.8 Å². The molecule has 0 bridgehead atoms. The molecule has 0 aromatic carbocycles. The number of halogens is 5. The van der Waals surface area contributed by atoms with E-state index in [4.69, 9.17) is 4.42 Å². The molecular weight excluding hydrogens is 297 g/mol. The molecule has 19 heavy (non-hydrogen) atoms. The molecule has 1 aromatic heterocycles. The molecule has 4 nitrogen and oxygen atoms in total. The zero-order valence-electron chi connectivity index (χ0n) is 9.17. The maximum atomic E-state index is 11.9. The molecule has 1 aromatic rings. The summed E-state index contributed by atoms with van der Waals surface area (Å²) in [7, 11) is 0. The van der Waals surface area contributed by atoms with Crippen LogP contribution in [0.1, 0.15) is 16.3 Å². The molecular formula is C9H8F5NO3S. The summed E-state index contributed by atoms with van der Waals surface area (Å²) < 4.78 is 63.8. The number of rotatable bonds is 6. The quantitative estimate of drug-likeness (QED) is 0.648. The molecule has 108 valence electrons. The molecule has 0 saturated heterocycles. The highest BCUT2D eigenvalue weighted by atomic mass is 32.2. The number of alkyl halides is 5. The van der Waals surface area contributed by atoms with Crippen LogP contribution in [0.4, 0.5) is 22.0 Å². The molecule has 1 heterocycles. The Labute approximate surface area is 108 Å². The second-order valence-electron chi connectivity index (χ2n) is 3.17. The Bertz CT molecular complexity index is 420. The van der Waals surface area contributed by atoms with Gasteiger partial charge >= 0.3 is 12.1 Å². The highest BCUT2D eigenvalue weighted by Gasteiger charge is 2.28. The second-order valence-corrected chi connectivity index (χ2v) is 4.15. The second kappa shape index (κ2) is 6.75. The van der Waals surface area contributed by atoms with Gasteiger partial charge in [-0.25, -0.2) is 5.48 Å². The molecule has 0 fully saturated rings. The number of hydrogen-bond donors (Lipinski definition) is 1. The number of carbonyl (C=O) groups is 1. The maximum absolute atomic E-state index is 11.9. The van der Waals surface area contributed by atoms with Crippen molar-refractivity contribution in [3.63, 3.8) is 0 Å². The van der Waals surface area contributed by atoms with Gasteiger partial charge in [-0.3, -0.25) is 9.63 Å². The largest absolute Gasteiger partial charge is 0.455 e. The summed E-state index contributed by atoms with van der Waals surface area (Å²) in [4.78, 5) is 15.1. The molecule has 0 atom stereocenters. The van der Waals surface area contributed by atoms with Crippen LogP contribution in [0.3, 0.4) is 0 Å². The third-order valence-electron chi connectivity index (χ3n) is 1.64. The number of furan rings is 1. The molecule has 1 rings (SSSR count). The highest BCUT2D eigenvalue weighted by Crippen LogP contribution is 2.21. The van der Waals surface area contributed by atoms with Gasteiger partial charge in [-0.05, 0) is 12.1 Å². The van der Waals surface area contributed by atoms with Crippen LogP contribution in [0.5, 0.6) is 0 Å². The van der Waals surface area contributed by atoms with E-state index in [1.54, 1.807) is 0 Å². The van der Waals surface area contributed by atoms with Crippen molar-refractivity contribution in [1.82, 2.24) is 5.48 Å². The summed E-state index contributed by atoms with van der Waals surface area (Å²) >= 11 is 0.292. The van der Waals surface area contributed by atoms with Gasteiger partial charge in [-0.2, -0.15) is 22.0 Å². The van der Waals surface area contributed by atoms with Crippen molar-refractivity contribution in [1.29, 1.82) is 0 Å². The van der Waals surface area contributed by atoms with Crippen LogP contribution in [0, 0.1) is 0 Å². The summed E-state index contributed by atoms with van der Waals surface area (Å²) in [5, 5.41) is 0. The van der Waals surface area contributed by atoms with Crippen molar-refractivity contribution in [3.8, 4) is 0 Å². The van der Waals surface area contributed by atoms with E-state index >= 15 is 0 Å². The van der Waals surface area contributed by atoms with Crippen LogP contribution >= 0.6 is 11.8 Å². The first kappa shape index (κ1) is 15.8. The molecule has 1 N–H and O–H groups in total. The lowest BCUT2D eigenvalue weighted by Crippen LogP contribution is -2.29. The average Bonchev–Trinajstić information content (AvgIpc) is 2.73. The minimum Gasteiger partial charge on any atom is -0.455 e. The zero-order valence-corrected chi connectivity index (χ0v) is 9.99. The molecule has 0 aliphatic carbocycles.